The fraction of sp³-hybridized carbons (Fsp3) is 0.0909. The Morgan fingerprint density at radius 3 is 2.69 bits per heavy atom. The minimum Gasteiger partial charge on any atom is -0.340 e. The summed E-state index contributed by atoms with van der Waals surface area (Å²) in [5.41, 5.74) is 1.40. The van der Waals surface area contributed by atoms with Crippen LogP contribution in [0, 0.1) is 18.7 Å². The second kappa shape index (κ2) is 4.22. The zero-order valence-electron chi connectivity index (χ0n) is 8.54. The van der Waals surface area contributed by atoms with Crippen molar-refractivity contribution in [3.8, 4) is 0 Å². The summed E-state index contributed by atoms with van der Waals surface area (Å²) in [5.74, 6) is -0.699. The lowest BCUT2D eigenvalue weighted by atomic mass is 10.2. The van der Waals surface area contributed by atoms with Crippen LogP contribution in [0.5, 0.6) is 0 Å². The first-order valence-electron chi connectivity index (χ1n) is 4.66. The third kappa shape index (κ3) is 2.31. The van der Waals surface area contributed by atoms with Gasteiger partial charge in [0.05, 0.1) is 0 Å². The molecule has 0 bridgehead atoms. The quantitative estimate of drug-likeness (QED) is 0.792. The predicted molar refractivity (Wildman–Crippen MR) is 56.4 cm³/mol. The van der Waals surface area contributed by atoms with Crippen LogP contribution < -0.4 is 5.32 Å². The highest BCUT2D eigenvalue weighted by molar-refractivity contribution is 5.59. The van der Waals surface area contributed by atoms with Crippen LogP contribution in [-0.2, 0) is 0 Å². The number of anilines is 2. The van der Waals surface area contributed by atoms with E-state index in [0.29, 0.717) is 11.5 Å². The zero-order chi connectivity index (χ0) is 11.5. The fourth-order valence-electron chi connectivity index (χ4n) is 1.27. The molecule has 1 aromatic heterocycles. The highest BCUT2D eigenvalue weighted by Gasteiger charge is 2.02. The van der Waals surface area contributed by atoms with Crippen LogP contribution in [0.1, 0.15) is 5.56 Å². The third-order valence-electron chi connectivity index (χ3n) is 2.10. The molecule has 3 nitrogen and oxygen atoms in total. The molecule has 0 saturated carbocycles. The topological polar surface area (TPSA) is 37.8 Å². The van der Waals surface area contributed by atoms with Crippen LogP contribution in [0.3, 0.4) is 0 Å². The molecule has 16 heavy (non-hydrogen) atoms. The van der Waals surface area contributed by atoms with Gasteiger partial charge in [-0.1, -0.05) is 6.07 Å². The smallest absolute Gasteiger partial charge is 0.218 e. The van der Waals surface area contributed by atoms with E-state index in [1.807, 2.05) is 6.92 Å². The summed E-state index contributed by atoms with van der Waals surface area (Å²) >= 11 is 0. The van der Waals surface area contributed by atoms with E-state index >= 15 is 0 Å². The zero-order valence-corrected chi connectivity index (χ0v) is 8.54. The molecule has 1 heterocycles. The second-order valence-corrected chi connectivity index (χ2v) is 3.31. The third-order valence-corrected chi connectivity index (χ3v) is 2.10. The van der Waals surface area contributed by atoms with Crippen LogP contribution in [0.25, 0.3) is 0 Å². The molecule has 0 radical (unpaired) electrons. The summed E-state index contributed by atoms with van der Waals surface area (Å²) in [6, 6.07) is 5.47. The number of hydrogen-bond acceptors (Lipinski definition) is 3. The lowest BCUT2D eigenvalue weighted by molar-refractivity contribution is 0.580. The maximum absolute atomic E-state index is 13.0. The second-order valence-electron chi connectivity index (χ2n) is 3.31. The normalized spacial score (nSPS) is 10.2. The Kier molecular flexibility index (Phi) is 2.76. The summed E-state index contributed by atoms with van der Waals surface area (Å²) in [7, 11) is 0. The fourth-order valence-corrected chi connectivity index (χ4v) is 1.27. The molecule has 82 valence electrons. The Labute approximate surface area is 91.2 Å². The van der Waals surface area contributed by atoms with Gasteiger partial charge >= 0.3 is 0 Å². The van der Waals surface area contributed by atoms with Gasteiger partial charge < -0.3 is 5.32 Å². The Morgan fingerprint density at radius 2 is 1.94 bits per heavy atom. The molecule has 2 aromatic rings. The van der Waals surface area contributed by atoms with Crippen LogP contribution in [0.15, 0.2) is 30.6 Å². The van der Waals surface area contributed by atoms with Gasteiger partial charge in [-0.25, -0.2) is 14.4 Å². The van der Waals surface area contributed by atoms with Crippen molar-refractivity contribution in [1.82, 2.24) is 9.97 Å². The molecule has 1 aromatic carbocycles. The van der Waals surface area contributed by atoms with Gasteiger partial charge in [0.15, 0.2) is 0 Å². The standard InChI is InChI=1S/C11H9F2N3/c1-7-2-3-8(12)4-9(7)16-11-5-10(13)14-6-15-11/h2-6H,1H3,(H,14,15,16). The van der Waals surface area contributed by atoms with E-state index in [1.165, 1.54) is 12.1 Å². The number of nitrogens with one attached hydrogen (secondary N) is 1. The average molecular weight is 221 g/mol. The molecule has 0 fully saturated rings. The number of halogens is 2. The molecule has 0 aliphatic heterocycles. The van der Waals surface area contributed by atoms with E-state index in [-0.39, 0.29) is 5.82 Å². The summed E-state index contributed by atoms with van der Waals surface area (Å²) in [4.78, 5) is 7.15. The number of rotatable bonds is 2. The van der Waals surface area contributed by atoms with Gasteiger partial charge in [-0.05, 0) is 24.6 Å². The van der Waals surface area contributed by atoms with Gasteiger partial charge in [-0.15, -0.1) is 0 Å². The monoisotopic (exact) mass is 221 g/mol. The number of hydrogen-bond donors (Lipinski definition) is 1. The Balaban J connectivity index is 2.30. The van der Waals surface area contributed by atoms with Crippen LogP contribution >= 0.6 is 0 Å². The molecule has 1 N–H and O–H groups in total. The summed E-state index contributed by atoms with van der Waals surface area (Å²) in [6.45, 7) is 1.82. The lowest BCUT2D eigenvalue weighted by Crippen LogP contribution is -1.97. The van der Waals surface area contributed by atoms with Crippen molar-refractivity contribution in [2.75, 3.05) is 5.32 Å². The van der Waals surface area contributed by atoms with Crippen molar-refractivity contribution in [2.45, 2.75) is 6.92 Å². The summed E-state index contributed by atoms with van der Waals surface area (Å²) < 4.78 is 25.8. The van der Waals surface area contributed by atoms with E-state index in [4.69, 9.17) is 0 Å². The average Bonchev–Trinajstić information content (AvgIpc) is 2.24. The molecule has 0 aliphatic carbocycles. The van der Waals surface area contributed by atoms with Gasteiger partial charge in [-0.2, -0.15) is 4.39 Å². The van der Waals surface area contributed by atoms with Crippen molar-refractivity contribution in [1.29, 1.82) is 0 Å². The Bertz CT molecular complexity index is 514. The van der Waals surface area contributed by atoms with Crippen molar-refractivity contribution in [3.63, 3.8) is 0 Å². The van der Waals surface area contributed by atoms with Gasteiger partial charge in [0, 0.05) is 11.8 Å². The number of aromatic nitrogens is 2. The molecule has 0 amide bonds. The maximum Gasteiger partial charge on any atom is 0.218 e. The van der Waals surface area contributed by atoms with Gasteiger partial charge in [0.1, 0.15) is 18.0 Å². The van der Waals surface area contributed by atoms with E-state index in [9.17, 15) is 8.78 Å². The highest BCUT2D eigenvalue weighted by Crippen LogP contribution is 2.19. The summed E-state index contributed by atoms with van der Waals surface area (Å²) in [5, 5.41) is 2.82. The highest BCUT2D eigenvalue weighted by atomic mass is 19.1. The number of nitrogens with zero attached hydrogens (tertiary/aromatic N) is 2. The van der Waals surface area contributed by atoms with E-state index in [0.717, 1.165) is 18.0 Å². The van der Waals surface area contributed by atoms with Gasteiger partial charge in [-0.3, -0.25) is 0 Å². The number of aryl methyl sites for hydroxylation is 1. The van der Waals surface area contributed by atoms with Gasteiger partial charge in [0.25, 0.3) is 0 Å². The van der Waals surface area contributed by atoms with Crippen LogP contribution in [0.4, 0.5) is 20.3 Å². The molecule has 0 aliphatic rings. The lowest BCUT2D eigenvalue weighted by Gasteiger charge is -2.08. The first-order valence-corrected chi connectivity index (χ1v) is 4.66. The van der Waals surface area contributed by atoms with Crippen LogP contribution in [0.2, 0.25) is 0 Å². The van der Waals surface area contributed by atoms with Crippen LogP contribution in [-0.4, -0.2) is 9.97 Å². The molecular weight excluding hydrogens is 212 g/mol. The molecule has 0 spiro atoms. The predicted octanol–water partition coefficient (Wildman–Crippen LogP) is 2.81. The van der Waals surface area contributed by atoms with Gasteiger partial charge in [0.2, 0.25) is 5.95 Å². The molecular formula is C11H9F2N3. The molecule has 2 rings (SSSR count). The number of benzene rings is 1. The Morgan fingerprint density at radius 1 is 1.12 bits per heavy atom. The van der Waals surface area contributed by atoms with E-state index in [1.54, 1.807) is 6.07 Å². The van der Waals surface area contributed by atoms with Crippen molar-refractivity contribution < 1.29 is 8.78 Å². The molecule has 0 saturated heterocycles. The largest absolute Gasteiger partial charge is 0.340 e. The van der Waals surface area contributed by atoms with Crippen molar-refractivity contribution >= 4 is 11.5 Å². The minimum absolute atomic E-state index is 0.293. The Hall–Kier alpha value is -2.04. The molecule has 0 unspecified atom stereocenters. The first kappa shape index (κ1) is 10.5. The minimum atomic E-state index is -0.633. The maximum atomic E-state index is 13.0. The van der Waals surface area contributed by atoms with Crippen molar-refractivity contribution in [2.24, 2.45) is 0 Å². The summed E-state index contributed by atoms with van der Waals surface area (Å²) in [6.07, 6.45) is 1.10. The SMILES string of the molecule is Cc1ccc(F)cc1Nc1cc(F)ncn1. The first-order chi connectivity index (χ1) is 7.65. The van der Waals surface area contributed by atoms with E-state index < -0.39 is 5.95 Å². The van der Waals surface area contributed by atoms with Crippen molar-refractivity contribution in [3.05, 3.63) is 47.9 Å². The molecule has 5 heteroatoms. The molecule has 0 atom stereocenters. The van der Waals surface area contributed by atoms with E-state index in [2.05, 4.69) is 15.3 Å².